The molecule has 0 saturated heterocycles. The summed E-state index contributed by atoms with van der Waals surface area (Å²) < 4.78 is 2.43. The van der Waals surface area contributed by atoms with Crippen molar-refractivity contribution in [3.05, 3.63) is 188 Å². The molecule has 0 unspecified atom stereocenters. The SMILES string of the molecule is c1ccc([SiH2]c2ccc3c(-c4ccc5ccccc5c4)c4ccccc4c(-c4cccc(-n5c6ccccc6c6ccccc65)c4)c3c2)cc1. The third-order valence-electron chi connectivity index (χ3n) is 10.4. The molecule has 2 heteroatoms. The van der Waals surface area contributed by atoms with Crippen molar-refractivity contribution < 1.29 is 0 Å². The van der Waals surface area contributed by atoms with Crippen LogP contribution >= 0.6 is 0 Å². The molecule has 0 radical (unpaired) electrons. The Morgan fingerprint density at radius 3 is 1.64 bits per heavy atom. The van der Waals surface area contributed by atoms with Crippen molar-refractivity contribution in [3.8, 4) is 27.9 Å². The fourth-order valence-corrected chi connectivity index (χ4v) is 9.66. The van der Waals surface area contributed by atoms with Gasteiger partial charge in [-0.25, -0.2) is 0 Å². The monoisotopic (exact) mass is 651 g/mol. The Morgan fingerprint density at radius 2 is 0.900 bits per heavy atom. The fourth-order valence-electron chi connectivity index (χ4n) is 8.14. The Morgan fingerprint density at radius 1 is 0.320 bits per heavy atom. The van der Waals surface area contributed by atoms with Crippen LogP contribution in [0.2, 0.25) is 0 Å². The number of fused-ring (bicyclic) bond motifs is 6. The Hall–Kier alpha value is -6.22. The second kappa shape index (κ2) is 11.7. The summed E-state index contributed by atoms with van der Waals surface area (Å²) in [6, 6.07) is 69.7. The first-order chi connectivity index (χ1) is 24.8. The summed E-state index contributed by atoms with van der Waals surface area (Å²) in [7, 11) is -0.666. The molecule has 0 aliphatic carbocycles. The van der Waals surface area contributed by atoms with Gasteiger partial charge in [-0.2, -0.15) is 0 Å². The Kier molecular flexibility index (Phi) is 6.75. The smallest absolute Gasteiger partial charge is 0.0875 e. The maximum Gasteiger partial charge on any atom is 0.0875 e. The van der Waals surface area contributed by atoms with E-state index < -0.39 is 9.52 Å². The van der Waals surface area contributed by atoms with Crippen molar-refractivity contribution in [1.29, 1.82) is 0 Å². The zero-order valence-corrected chi connectivity index (χ0v) is 29.0. The molecule has 1 aromatic heterocycles. The average Bonchev–Trinajstić information content (AvgIpc) is 3.52. The first kappa shape index (κ1) is 28.8. The van der Waals surface area contributed by atoms with Crippen LogP contribution in [0.15, 0.2) is 188 Å². The van der Waals surface area contributed by atoms with E-state index in [1.165, 1.54) is 92.4 Å². The summed E-state index contributed by atoms with van der Waals surface area (Å²) in [5, 5.41) is 13.1. The van der Waals surface area contributed by atoms with Crippen LogP contribution in [0, 0.1) is 0 Å². The minimum atomic E-state index is -0.666. The van der Waals surface area contributed by atoms with Gasteiger partial charge >= 0.3 is 0 Å². The number of benzene rings is 9. The summed E-state index contributed by atoms with van der Waals surface area (Å²) in [5.74, 6) is 0. The Labute approximate surface area is 293 Å². The predicted octanol–water partition coefficient (Wildman–Crippen LogP) is 10.7. The van der Waals surface area contributed by atoms with E-state index in [2.05, 4.69) is 193 Å². The number of para-hydroxylation sites is 2. The topological polar surface area (TPSA) is 4.93 Å². The highest BCUT2D eigenvalue weighted by atomic mass is 28.2. The summed E-state index contributed by atoms with van der Waals surface area (Å²) in [5.41, 5.74) is 8.71. The van der Waals surface area contributed by atoms with Crippen molar-refractivity contribution in [2.24, 2.45) is 0 Å². The van der Waals surface area contributed by atoms with Gasteiger partial charge in [-0.1, -0.05) is 168 Å². The normalized spacial score (nSPS) is 11.9. The minimum absolute atomic E-state index is 0.666. The van der Waals surface area contributed by atoms with E-state index in [0.29, 0.717) is 0 Å². The van der Waals surface area contributed by atoms with Gasteiger partial charge in [0.05, 0.1) is 20.6 Å². The van der Waals surface area contributed by atoms with E-state index in [9.17, 15) is 0 Å². The van der Waals surface area contributed by atoms with Gasteiger partial charge < -0.3 is 4.57 Å². The van der Waals surface area contributed by atoms with Gasteiger partial charge in [-0.05, 0) is 84.9 Å². The molecule has 234 valence electrons. The van der Waals surface area contributed by atoms with Crippen LogP contribution in [0.25, 0.3) is 82.1 Å². The molecule has 10 aromatic rings. The van der Waals surface area contributed by atoms with E-state index in [1.807, 2.05) is 0 Å². The van der Waals surface area contributed by atoms with Crippen LogP contribution < -0.4 is 10.4 Å². The lowest BCUT2D eigenvalue weighted by Crippen LogP contribution is -2.26. The molecule has 0 amide bonds. The van der Waals surface area contributed by atoms with Gasteiger partial charge in [0.2, 0.25) is 0 Å². The maximum atomic E-state index is 2.51. The van der Waals surface area contributed by atoms with Crippen LogP contribution in [0.4, 0.5) is 0 Å². The summed E-state index contributed by atoms with van der Waals surface area (Å²) in [4.78, 5) is 0. The molecule has 0 fully saturated rings. The molecule has 0 bridgehead atoms. The molecule has 0 aliphatic rings. The molecule has 9 aromatic carbocycles. The zero-order chi connectivity index (χ0) is 33.0. The Balaban J connectivity index is 1.27. The average molecular weight is 652 g/mol. The minimum Gasteiger partial charge on any atom is -0.309 e. The number of nitrogens with zero attached hydrogens (tertiary/aromatic N) is 1. The van der Waals surface area contributed by atoms with Crippen molar-refractivity contribution in [2.45, 2.75) is 0 Å². The van der Waals surface area contributed by atoms with Gasteiger partial charge in [-0.15, -0.1) is 0 Å². The van der Waals surface area contributed by atoms with E-state index in [1.54, 1.807) is 0 Å². The van der Waals surface area contributed by atoms with Crippen LogP contribution in [0.5, 0.6) is 0 Å². The van der Waals surface area contributed by atoms with Crippen LogP contribution in [-0.4, -0.2) is 14.1 Å². The first-order valence-corrected chi connectivity index (χ1v) is 18.8. The van der Waals surface area contributed by atoms with E-state index in [0.717, 1.165) is 0 Å². The molecular formula is C48H33NSi. The molecule has 0 spiro atoms. The number of hydrogen-bond acceptors (Lipinski definition) is 0. The van der Waals surface area contributed by atoms with E-state index in [4.69, 9.17) is 0 Å². The lowest BCUT2D eigenvalue weighted by atomic mass is 9.85. The quantitative estimate of drug-likeness (QED) is 0.129. The molecule has 0 saturated carbocycles. The molecule has 1 heterocycles. The maximum absolute atomic E-state index is 2.51. The van der Waals surface area contributed by atoms with Gasteiger partial charge in [0.15, 0.2) is 0 Å². The standard InChI is InChI=1S/C48H33NSi/c1-2-17-37(18-3-1)50-38-27-28-43-44(31-38)48(42-22-7-6-21-41(42)47(43)35-26-25-32-13-4-5-14-33(32)29-35)34-15-12-16-36(30-34)49-45-23-10-8-19-39(45)40-20-9-11-24-46(40)49/h1-31H,50H2. The molecule has 1 nitrogen and oxygen atoms in total. The second-order valence-electron chi connectivity index (χ2n) is 13.3. The van der Waals surface area contributed by atoms with Gasteiger partial charge in [0, 0.05) is 16.5 Å². The van der Waals surface area contributed by atoms with Crippen LogP contribution in [0.1, 0.15) is 0 Å². The lowest BCUT2D eigenvalue weighted by Gasteiger charge is -2.19. The van der Waals surface area contributed by atoms with Crippen LogP contribution in [-0.2, 0) is 0 Å². The molecule has 10 rings (SSSR count). The van der Waals surface area contributed by atoms with Gasteiger partial charge in [-0.3, -0.25) is 0 Å². The highest BCUT2D eigenvalue weighted by molar-refractivity contribution is 6.67. The van der Waals surface area contributed by atoms with Crippen molar-refractivity contribution >= 4 is 74.0 Å². The highest BCUT2D eigenvalue weighted by Crippen LogP contribution is 2.44. The summed E-state index contributed by atoms with van der Waals surface area (Å²) in [6.45, 7) is 0. The van der Waals surface area contributed by atoms with Crippen LogP contribution in [0.3, 0.4) is 0 Å². The third-order valence-corrected chi connectivity index (χ3v) is 12.1. The molecule has 0 atom stereocenters. The molecule has 0 N–H and O–H groups in total. The Bertz CT molecular complexity index is 2850. The number of aromatic nitrogens is 1. The fraction of sp³-hybridized carbons (Fsp3) is 0. The lowest BCUT2D eigenvalue weighted by molar-refractivity contribution is 1.18. The zero-order valence-electron chi connectivity index (χ0n) is 27.6. The predicted molar refractivity (Wildman–Crippen MR) is 218 cm³/mol. The van der Waals surface area contributed by atoms with Crippen molar-refractivity contribution in [1.82, 2.24) is 4.57 Å². The highest BCUT2D eigenvalue weighted by Gasteiger charge is 2.19. The van der Waals surface area contributed by atoms with Crippen molar-refractivity contribution in [2.75, 3.05) is 0 Å². The molecule has 0 aliphatic heterocycles. The van der Waals surface area contributed by atoms with E-state index in [-0.39, 0.29) is 0 Å². The van der Waals surface area contributed by atoms with Crippen molar-refractivity contribution in [3.63, 3.8) is 0 Å². The molecule has 50 heavy (non-hydrogen) atoms. The third kappa shape index (κ3) is 4.68. The summed E-state index contributed by atoms with van der Waals surface area (Å²) in [6.07, 6.45) is 0. The largest absolute Gasteiger partial charge is 0.309 e. The van der Waals surface area contributed by atoms with Gasteiger partial charge in [0.25, 0.3) is 0 Å². The summed E-state index contributed by atoms with van der Waals surface area (Å²) >= 11 is 0. The first-order valence-electron chi connectivity index (χ1n) is 17.4. The number of rotatable bonds is 5. The second-order valence-corrected chi connectivity index (χ2v) is 15.3. The van der Waals surface area contributed by atoms with Gasteiger partial charge in [0.1, 0.15) is 0 Å². The van der Waals surface area contributed by atoms with E-state index >= 15 is 0 Å². The number of hydrogen-bond donors (Lipinski definition) is 0. The molecular weight excluding hydrogens is 619 g/mol.